The molecule has 1 rings (SSSR count). The number of carbonyl (C=O) groups is 1. The molecule has 0 saturated carbocycles. The standard InChI is InChI=1S/C11H19N3O2/c1-11(2,9-15)8-12-10(16)4-7-14-6-3-5-13-14/h3,5-6,15H,4,7-9H2,1-2H3,(H,12,16). The zero-order valence-electron chi connectivity index (χ0n) is 9.81. The van der Waals surface area contributed by atoms with E-state index in [0.717, 1.165) is 0 Å². The van der Waals surface area contributed by atoms with Crippen LogP contribution in [0.5, 0.6) is 0 Å². The average Bonchev–Trinajstić information content (AvgIpc) is 2.76. The lowest BCUT2D eigenvalue weighted by Crippen LogP contribution is -2.36. The summed E-state index contributed by atoms with van der Waals surface area (Å²) >= 11 is 0. The molecular formula is C11H19N3O2. The molecule has 90 valence electrons. The number of rotatable bonds is 6. The summed E-state index contributed by atoms with van der Waals surface area (Å²) in [5.74, 6) is -0.0166. The Morgan fingerprint density at radius 1 is 1.56 bits per heavy atom. The normalized spacial score (nSPS) is 11.4. The maximum atomic E-state index is 11.5. The highest BCUT2D eigenvalue weighted by molar-refractivity contribution is 5.75. The van der Waals surface area contributed by atoms with Crippen molar-refractivity contribution >= 4 is 5.91 Å². The molecule has 5 heteroatoms. The topological polar surface area (TPSA) is 67.2 Å². The molecule has 0 radical (unpaired) electrons. The van der Waals surface area contributed by atoms with Crippen molar-refractivity contribution in [1.82, 2.24) is 15.1 Å². The fourth-order valence-electron chi connectivity index (χ4n) is 1.13. The Labute approximate surface area is 95.5 Å². The van der Waals surface area contributed by atoms with Crippen LogP contribution in [0.25, 0.3) is 0 Å². The van der Waals surface area contributed by atoms with Gasteiger partial charge in [0.2, 0.25) is 5.91 Å². The van der Waals surface area contributed by atoms with E-state index < -0.39 is 0 Å². The lowest BCUT2D eigenvalue weighted by molar-refractivity contribution is -0.121. The van der Waals surface area contributed by atoms with Crippen LogP contribution in [-0.4, -0.2) is 33.9 Å². The van der Waals surface area contributed by atoms with Gasteiger partial charge in [-0.2, -0.15) is 5.10 Å². The number of aryl methyl sites for hydroxylation is 1. The summed E-state index contributed by atoms with van der Waals surface area (Å²) in [5.41, 5.74) is -0.263. The van der Waals surface area contributed by atoms with Crippen LogP contribution >= 0.6 is 0 Å². The van der Waals surface area contributed by atoms with Crippen molar-refractivity contribution in [1.29, 1.82) is 0 Å². The number of nitrogens with one attached hydrogen (secondary N) is 1. The first kappa shape index (κ1) is 12.7. The van der Waals surface area contributed by atoms with E-state index in [1.807, 2.05) is 26.1 Å². The van der Waals surface area contributed by atoms with Gasteiger partial charge < -0.3 is 10.4 Å². The van der Waals surface area contributed by atoms with Crippen molar-refractivity contribution in [3.05, 3.63) is 18.5 Å². The largest absolute Gasteiger partial charge is 0.396 e. The first-order chi connectivity index (χ1) is 7.53. The third kappa shape index (κ3) is 4.44. The second-order valence-electron chi connectivity index (χ2n) is 4.62. The number of aromatic nitrogens is 2. The Hall–Kier alpha value is -1.36. The number of aliphatic hydroxyl groups is 1. The molecule has 1 amide bonds. The maximum Gasteiger partial charge on any atom is 0.221 e. The van der Waals surface area contributed by atoms with Gasteiger partial charge in [0.05, 0.1) is 0 Å². The molecule has 16 heavy (non-hydrogen) atoms. The SMILES string of the molecule is CC(C)(CO)CNC(=O)CCn1cccn1. The number of hydrogen-bond acceptors (Lipinski definition) is 3. The van der Waals surface area contributed by atoms with E-state index >= 15 is 0 Å². The summed E-state index contributed by atoms with van der Waals surface area (Å²) in [7, 11) is 0. The Morgan fingerprint density at radius 2 is 2.31 bits per heavy atom. The average molecular weight is 225 g/mol. The first-order valence-corrected chi connectivity index (χ1v) is 5.38. The van der Waals surface area contributed by atoms with Gasteiger partial charge in [0.15, 0.2) is 0 Å². The zero-order chi connectivity index (χ0) is 12.0. The number of nitrogens with zero attached hydrogens (tertiary/aromatic N) is 2. The smallest absolute Gasteiger partial charge is 0.221 e. The molecule has 0 unspecified atom stereocenters. The summed E-state index contributed by atoms with van der Waals surface area (Å²) in [5, 5.41) is 15.8. The fraction of sp³-hybridized carbons (Fsp3) is 0.636. The van der Waals surface area contributed by atoms with Gasteiger partial charge in [0.1, 0.15) is 0 Å². The van der Waals surface area contributed by atoms with E-state index in [-0.39, 0.29) is 17.9 Å². The van der Waals surface area contributed by atoms with Gasteiger partial charge in [-0.3, -0.25) is 9.48 Å². The van der Waals surface area contributed by atoms with Crippen molar-refractivity contribution in [2.75, 3.05) is 13.2 Å². The lowest BCUT2D eigenvalue weighted by Gasteiger charge is -2.21. The van der Waals surface area contributed by atoms with Gasteiger partial charge in [-0.25, -0.2) is 0 Å². The van der Waals surface area contributed by atoms with E-state index in [0.29, 0.717) is 19.5 Å². The van der Waals surface area contributed by atoms with Crippen molar-refractivity contribution in [3.63, 3.8) is 0 Å². The molecule has 1 heterocycles. The Kier molecular flexibility index (Phi) is 4.49. The molecule has 0 aliphatic rings. The molecule has 0 saturated heterocycles. The van der Waals surface area contributed by atoms with E-state index in [2.05, 4.69) is 10.4 Å². The fourth-order valence-corrected chi connectivity index (χ4v) is 1.13. The van der Waals surface area contributed by atoms with Crippen LogP contribution in [0, 0.1) is 5.41 Å². The second-order valence-corrected chi connectivity index (χ2v) is 4.62. The number of hydrogen-bond donors (Lipinski definition) is 2. The predicted molar refractivity (Wildman–Crippen MR) is 60.7 cm³/mol. The summed E-state index contributed by atoms with van der Waals surface area (Å²) < 4.78 is 1.72. The highest BCUT2D eigenvalue weighted by Gasteiger charge is 2.17. The van der Waals surface area contributed by atoms with Crippen LogP contribution in [0.2, 0.25) is 0 Å². The molecule has 0 aliphatic heterocycles. The van der Waals surface area contributed by atoms with Crippen molar-refractivity contribution in [2.45, 2.75) is 26.8 Å². The van der Waals surface area contributed by atoms with E-state index in [1.54, 1.807) is 10.9 Å². The Morgan fingerprint density at radius 3 is 2.88 bits per heavy atom. The van der Waals surface area contributed by atoms with Crippen LogP contribution in [0.1, 0.15) is 20.3 Å². The monoisotopic (exact) mass is 225 g/mol. The van der Waals surface area contributed by atoms with E-state index in [1.165, 1.54) is 0 Å². The molecule has 0 atom stereocenters. The van der Waals surface area contributed by atoms with Crippen molar-refractivity contribution < 1.29 is 9.90 Å². The van der Waals surface area contributed by atoms with E-state index in [4.69, 9.17) is 5.11 Å². The Bertz CT molecular complexity index is 320. The zero-order valence-corrected chi connectivity index (χ0v) is 9.81. The molecular weight excluding hydrogens is 206 g/mol. The van der Waals surface area contributed by atoms with E-state index in [9.17, 15) is 4.79 Å². The molecule has 0 aliphatic carbocycles. The number of carbonyl (C=O) groups excluding carboxylic acids is 1. The molecule has 0 aromatic carbocycles. The van der Waals surface area contributed by atoms with Gasteiger partial charge in [-0.1, -0.05) is 13.8 Å². The Balaban J connectivity index is 2.21. The molecule has 0 bridgehead atoms. The minimum Gasteiger partial charge on any atom is -0.396 e. The van der Waals surface area contributed by atoms with Crippen molar-refractivity contribution in [2.24, 2.45) is 5.41 Å². The van der Waals surface area contributed by atoms with Crippen LogP contribution in [0.4, 0.5) is 0 Å². The molecule has 0 spiro atoms. The molecule has 5 nitrogen and oxygen atoms in total. The van der Waals surface area contributed by atoms with Crippen LogP contribution < -0.4 is 5.32 Å². The second kappa shape index (κ2) is 5.65. The minimum atomic E-state index is -0.263. The van der Waals surface area contributed by atoms with Crippen LogP contribution in [-0.2, 0) is 11.3 Å². The highest BCUT2D eigenvalue weighted by atomic mass is 16.3. The number of aliphatic hydroxyl groups excluding tert-OH is 1. The quantitative estimate of drug-likeness (QED) is 0.736. The van der Waals surface area contributed by atoms with Crippen LogP contribution in [0.3, 0.4) is 0 Å². The van der Waals surface area contributed by atoms with Gasteiger partial charge in [-0.05, 0) is 6.07 Å². The molecule has 1 aromatic rings. The van der Waals surface area contributed by atoms with Crippen LogP contribution in [0.15, 0.2) is 18.5 Å². The predicted octanol–water partition coefficient (Wildman–Crippen LogP) is 0.408. The summed E-state index contributed by atoms with van der Waals surface area (Å²) in [6.07, 6.45) is 3.92. The molecule has 2 N–H and O–H groups in total. The van der Waals surface area contributed by atoms with Crippen molar-refractivity contribution in [3.8, 4) is 0 Å². The van der Waals surface area contributed by atoms with Gasteiger partial charge in [-0.15, -0.1) is 0 Å². The van der Waals surface area contributed by atoms with Gasteiger partial charge >= 0.3 is 0 Å². The third-order valence-corrected chi connectivity index (χ3v) is 2.32. The molecule has 0 fully saturated rings. The summed E-state index contributed by atoms with van der Waals surface area (Å²) in [4.78, 5) is 11.5. The highest BCUT2D eigenvalue weighted by Crippen LogP contribution is 2.11. The summed E-state index contributed by atoms with van der Waals surface area (Å²) in [6, 6.07) is 1.83. The van der Waals surface area contributed by atoms with Gasteiger partial charge in [0.25, 0.3) is 0 Å². The maximum absolute atomic E-state index is 11.5. The summed E-state index contributed by atoms with van der Waals surface area (Å²) in [6.45, 7) is 4.94. The number of amides is 1. The molecule has 1 aromatic heterocycles. The first-order valence-electron chi connectivity index (χ1n) is 5.38. The van der Waals surface area contributed by atoms with Gasteiger partial charge in [0, 0.05) is 43.9 Å². The minimum absolute atomic E-state index is 0.0166. The lowest BCUT2D eigenvalue weighted by atomic mass is 9.95. The third-order valence-electron chi connectivity index (χ3n) is 2.32.